The molecule has 0 aromatic heterocycles. The van der Waals surface area contributed by atoms with Gasteiger partial charge in [0.25, 0.3) is 0 Å². The summed E-state index contributed by atoms with van der Waals surface area (Å²) in [6.45, 7) is 27.7. The molecule has 0 radical (unpaired) electrons. The van der Waals surface area contributed by atoms with Gasteiger partial charge in [-0.25, -0.2) is 0 Å². The normalized spacial score (nSPS) is 13.2. The van der Waals surface area contributed by atoms with Crippen LogP contribution in [-0.4, -0.2) is 29.2 Å². The van der Waals surface area contributed by atoms with Gasteiger partial charge in [-0.15, -0.1) is 0 Å². The molecule has 0 unspecified atom stereocenters. The second-order valence-corrected chi connectivity index (χ2v) is 22.6. The minimum absolute atomic E-state index is 0.361. The zero-order chi connectivity index (χ0) is 26.4. The minimum Gasteiger partial charge on any atom is -0.412 e. The van der Waals surface area contributed by atoms with Crippen LogP contribution in [0.15, 0.2) is 12.1 Å². The molecule has 1 rings (SSSR count). The average Bonchev–Trinajstić information content (AvgIpc) is 2.73. The van der Waals surface area contributed by atoms with Crippen molar-refractivity contribution in [3.05, 3.63) is 34.4 Å². The summed E-state index contributed by atoms with van der Waals surface area (Å²) in [5.41, 5.74) is 5.47. The predicted octanol–water partition coefficient (Wildman–Crippen LogP) is 8.70. The van der Waals surface area contributed by atoms with E-state index < -0.39 is 16.6 Å². The molecule has 1 aromatic rings. The number of carbonyl (C=O) groups is 2. The van der Waals surface area contributed by atoms with Crippen LogP contribution in [0.3, 0.4) is 0 Å². The van der Waals surface area contributed by atoms with Gasteiger partial charge in [0.2, 0.25) is 16.6 Å². The first kappa shape index (κ1) is 30.9. The van der Waals surface area contributed by atoms with Crippen LogP contribution in [0.5, 0.6) is 0 Å². The highest BCUT2D eigenvalue weighted by atomic mass is 28.4. The van der Waals surface area contributed by atoms with Crippen molar-refractivity contribution < 1.29 is 18.4 Å². The number of carbonyl (C=O) groups excluding carboxylic acids is 2. The maximum Gasteiger partial charge on any atom is 0.200 e. The van der Waals surface area contributed by atoms with Gasteiger partial charge in [0, 0.05) is 11.1 Å². The van der Waals surface area contributed by atoms with E-state index in [1.165, 1.54) is 0 Å². The van der Waals surface area contributed by atoms with Gasteiger partial charge in [-0.1, -0.05) is 83.1 Å². The molecule has 194 valence electrons. The van der Waals surface area contributed by atoms with Gasteiger partial charge in [-0.2, -0.15) is 0 Å². The maximum atomic E-state index is 12.1. The predicted molar refractivity (Wildman–Crippen MR) is 149 cm³/mol. The molecule has 0 aliphatic carbocycles. The van der Waals surface area contributed by atoms with Crippen LogP contribution in [0.4, 0.5) is 0 Å². The lowest BCUT2D eigenvalue weighted by molar-refractivity contribution is 0.110. The van der Waals surface area contributed by atoms with Crippen LogP contribution in [0.2, 0.25) is 33.2 Å². The monoisotopic (exact) mass is 506 g/mol. The van der Waals surface area contributed by atoms with Crippen molar-refractivity contribution in [2.45, 2.75) is 130 Å². The first-order valence-electron chi connectivity index (χ1n) is 13.1. The molecular weight excluding hydrogens is 456 g/mol. The molecule has 0 amide bonds. The Kier molecular flexibility index (Phi) is 11.6. The van der Waals surface area contributed by atoms with Crippen molar-refractivity contribution in [3.63, 3.8) is 0 Å². The van der Waals surface area contributed by atoms with Crippen molar-refractivity contribution in [1.29, 1.82) is 0 Å². The molecule has 0 aliphatic rings. The Morgan fingerprint density at radius 1 is 0.559 bits per heavy atom. The van der Waals surface area contributed by atoms with Crippen LogP contribution < -0.4 is 0 Å². The Labute approximate surface area is 211 Å². The van der Waals surface area contributed by atoms with Gasteiger partial charge >= 0.3 is 0 Å². The van der Waals surface area contributed by atoms with Crippen LogP contribution in [0, 0.1) is 0 Å². The fourth-order valence-electron chi connectivity index (χ4n) is 6.60. The Bertz CT molecular complexity index is 702. The Morgan fingerprint density at radius 2 is 0.794 bits per heavy atom. The zero-order valence-electron chi connectivity index (χ0n) is 23.8. The first-order chi connectivity index (χ1) is 15.7. The van der Waals surface area contributed by atoms with Crippen LogP contribution in [0.1, 0.15) is 115 Å². The number of benzene rings is 1. The number of rotatable bonds is 14. The molecule has 0 saturated heterocycles. The van der Waals surface area contributed by atoms with Gasteiger partial charge in [0.1, 0.15) is 12.6 Å². The molecule has 0 saturated carbocycles. The van der Waals surface area contributed by atoms with Gasteiger partial charge in [0.15, 0.2) is 0 Å². The van der Waals surface area contributed by atoms with E-state index in [0.717, 1.165) is 23.7 Å². The van der Waals surface area contributed by atoms with E-state index >= 15 is 0 Å². The largest absolute Gasteiger partial charge is 0.412 e. The molecule has 34 heavy (non-hydrogen) atoms. The third kappa shape index (κ3) is 6.18. The molecule has 4 nitrogen and oxygen atoms in total. The molecule has 0 heterocycles. The molecular formula is C28H50O4Si2. The molecule has 0 atom stereocenters. The lowest BCUT2D eigenvalue weighted by Crippen LogP contribution is -2.47. The standard InChI is InChI=1S/C28H50O4Si2/c1-19(2)33(20(3)4,21(5)6)31-17-27-13-26(16-30)28(14-25(27)15-29)18-32-34(22(7)8,23(9)10)24(11)12/h13-16,19-24H,17-18H2,1-12H3. The highest BCUT2D eigenvalue weighted by Crippen LogP contribution is 2.44. The third-order valence-corrected chi connectivity index (χ3v) is 20.1. The van der Waals surface area contributed by atoms with E-state index in [0.29, 0.717) is 57.6 Å². The quantitative estimate of drug-likeness (QED) is 0.187. The Morgan fingerprint density at radius 3 is 0.971 bits per heavy atom. The highest BCUT2D eigenvalue weighted by molar-refractivity contribution is 6.78. The zero-order valence-corrected chi connectivity index (χ0v) is 25.8. The lowest BCUT2D eigenvalue weighted by atomic mass is 10.0. The van der Waals surface area contributed by atoms with E-state index in [2.05, 4.69) is 83.1 Å². The maximum absolute atomic E-state index is 12.1. The number of hydrogen-bond acceptors (Lipinski definition) is 4. The van der Waals surface area contributed by atoms with E-state index in [9.17, 15) is 9.59 Å². The third-order valence-electron chi connectivity index (χ3n) is 8.02. The molecule has 0 fully saturated rings. The molecule has 0 N–H and O–H groups in total. The molecule has 0 aliphatic heterocycles. The van der Waals surface area contributed by atoms with Gasteiger partial charge in [0.05, 0.1) is 13.2 Å². The Hall–Kier alpha value is -1.09. The topological polar surface area (TPSA) is 52.6 Å². The van der Waals surface area contributed by atoms with E-state index in [1.54, 1.807) is 0 Å². The molecule has 0 bridgehead atoms. The lowest BCUT2D eigenvalue weighted by Gasteiger charge is -2.42. The molecule has 6 heteroatoms. The molecule has 1 aromatic carbocycles. The van der Waals surface area contributed by atoms with Gasteiger partial charge < -0.3 is 8.85 Å². The van der Waals surface area contributed by atoms with Crippen molar-refractivity contribution >= 4 is 29.2 Å². The summed E-state index contributed by atoms with van der Waals surface area (Å²) >= 11 is 0. The molecule has 0 spiro atoms. The average molecular weight is 507 g/mol. The SMILES string of the molecule is CC(C)[Si](OCc1cc(C=O)c(CO[Si](C(C)C)(C(C)C)C(C)C)cc1C=O)(C(C)C)C(C)C. The second kappa shape index (κ2) is 12.7. The van der Waals surface area contributed by atoms with Crippen LogP contribution in [0.25, 0.3) is 0 Å². The summed E-state index contributed by atoms with van der Waals surface area (Å²) in [5, 5.41) is 0. The highest BCUT2D eigenvalue weighted by Gasteiger charge is 2.46. The number of aldehydes is 2. The summed E-state index contributed by atoms with van der Waals surface area (Å²) in [5.74, 6) is 0. The van der Waals surface area contributed by atoms with Crippen molar-refractivity contribution in [3.8, 4) is 0 Å². The van der Waals surface area contributed by atoms with Gasteiger partial charge in [-0.3, -0.25) is 9.59 Å². The summed E-state index contributed by atoms with van der Waals surface area (Å²) in [4.78, 5) is 24.1. The van der Waals surface area contributed by atoms with E-state index in [-0.39, 0.29) is 0 Å². The van der Waals surface area contributed by atoms with Crippen molar-refractivity contribution in [2.24, 2.45) is 0 Å². The van der Waals surface area contributed by atoms with Gasteiger partial charge in [-0.05, 0) is 56.5 Å². The van der Waals surface area contributed by atoms with Crippen molar-refractivity contribution in [2.75, 3.05) is 0 Å². The summed E-state index contributed by atoms with van der Waals surface area (Å²) in [6, 6.07) is 3.69. The van der Waals surface area contributed by atoms with E-state index in [4.69, 9.17) is 8.85 Å². The fourth-order valence-corrected chi connectivity index (χ4v) is 17.4. The fraction of sp³-hybridized carbons (Fsp3) is 0.714. The van der Waals surface area contributed by atoms with Crippen LogP contribution in [-0.2, 0) is 22.1 Å². The first-order valence-corrected chi connectivity index (χ1v) is 17.3. The second-order valence-electron chi connectivity index (χ2n) is 11.7. The summed E-state index contributed by atoms with van der Waals surface area (Å²) < 4.78 is 13.5. The van der Waals surface area contributed by atoms with Crippen molar-refractivity contribution in [1.82, 2.24) is 0 Å². The summed E-state index contributed by atoms with van der Waals surface area (Å²) in [6.07, 6.45) is 1.77. The number of hydrogen-bond donors (Lipinski definition) is 0. The minimum atomic E-state index is -2.09. The van der Waals surface area contributed by atoms with E-state index in [1.807, 2.05) is 12.1 Å². The Balaban J connectivity index is 3.36. The van der Waals surface area contributed by atoms with Crippen LogP contribution >= 0.6 is 0 Å². The summed E-state index contributed by atoms with van der Waals surface area (Å²) in [7, 11) is -4.18. The smallest absolute Gasteiger partial charge is 0.200 e.